The van der Waals surface area contributed by atoms with Gasteiger partial charge < -0.3 is 29.6 Å². The first-order valence-electron chi connectivity index (χ1n) is 10.1. The molecule has 2 aromatic rings. The fourth-order valence-corrected chi connectivity index (χ4v) is 2.76. The molecule has 0 heterocycles. The predicted octanol–water partition coefficient (Wildman–Crippen LogP) is 3.50. The van der Waals surface area contributed by atoms with E-state index in [1.54, 1.807) is 0 Å². The summed E-state index contributed by atoms with van der Waals surface area (Å²) in [6.07, 6.45) is -1.69. The maximum Gasteiger partial charge on any atom is 0.508 e. The molecule has 2 rings (SSSR count). The number of nitrogens with one attached hydrogen (secondary N) is 2. The second-order valence-electron chi connectivity index (χ2n) is 6.87. The van der Waals surface area contributed by atoms with Crippen LogP contribution in [0, 0.1) is 11.6 Å². The highest BCUT2D eigenvalue weighted by atomic mass is 35.5. The van der Waals surface area contributed by atoms with Crippen LogP contribution in [0.5, 0.6) is 11.5 Å². The molecule has 0 aliphatic heterocycles. The lowest BCUT2D eigenvalue weighted by Crippen LogP contribution is -2.39. The molecule has 0 saturated heterocycles. The quantitative estimate of drug-likeness (QED) is 0.400. The molecule has 9 nitrogen and oxygen atoms in total. The zero-order chi connectivity index (χ0) is 25.8. The van der Waals surface area contributed by atoms with Crippen LogP contribution in [0.25, 0.3) is 0 Å². The van der Waals surface area contributed by atoms with E-state index < -0.39 is 42.3 Å². The third kappa shape index (κ3) is 10.2. The molecule has 2 amide bonds. The molecule has 190 valence electrons. The summed E-state index contributed by atoms with van der Waals surface area (Å²) in [4.78, 5) is 35.4. The van der Waals surface area contributed by atoms with Gasteiger partial charge in [-0.2, -0.15) is 0 Å². The minimum Gasteiger partial charge on any atom is -0.484 e. The van der Waals surface area contributed by atoms with E-state index >= 15 is 0 Å². The summed E-state index contributed by atoms with van der Waals surface area (Å²) in [7, 11) is 1.12. The summed E-state index contributed by atoms with van der Waals surface area (Å²) in [5.41, 5.74) is 0. The molecular formula is C22H22Cl2F2N2O7. The van der Waals surface area contributed by atoms with Crippen LogP contribution in [0.2, 0.25) is 10.0 Å². The minimum atomic E-state index is -0.975. The average Bonchev–Trinajstić information content (AvgIpc) is 2.83. The summed E-state index contributed by atoms with van der Waals surface area (Å²) in [6.45, 7) is -0.855. The summed E-state index contributed by atoms with van der Waals surface area (Å²) < 4.78 is 46.7. The molecule has 2 N–H and O–H groups in total. The minimum absolute atomic E-state index is 0.0647. The van der Waals surface area contributed by atoms with Crippen molar-refractivity contribution in [3.63, 3.8) is 0 Å². The van der Waals surface area contributed by atoms with Crippen LogP contribution < -0.4 is 20.1 Å². The highest BCUT2D eigenvalue weighted by molar-refractivity contribution is 6.31. The second-order valence-corrected chi connectivity index (χ2v) is 7.68. The van der Waals surface area contributed by atoms with E-state index in [0.717, 1.165) is 19.2 Å². The van der Waals surface area contributed by atoms with Crippen molar-refractivity contribution < 1.29 is 42.1 Å². The fraction of sp³-hybridized carbons (Fsp3) is 0.318. The van der Waals surface area contributed by atoms with Crippen LogP contribution in [0.3, 0.4) is 0 Å². The predicted molar refractivity (Wildman–Crippen MR) is 122 cm³/mol. The first-order chi connectivity index (χ1) is 16.7. The topological polar surface area (TPSA) is 112 Å². The number of halogens is 4. The number of ether oxygens (including phenoxy) is 4. The molecular weight excluding hydrogens is 513 g/mol. The number of hydrogen-bond acceptors (Lipinski definition) is 7. The summed E-state index contributed by atoms with van der Waals surface area (Å²) in [6, 6.07) is 7.48. The number of rotatable bonds is 12. The lowest BCUT2D eigenvalue weighted by Gasteiger charge is -2.18. The number of amides is 2. The second kappa shape index (κ2) is 14.2. The smallest absolute Gasteiger partial charge is 0.484 e. The van der Waals surface area contributed by atoms with Gasteiger partial charge in [0.1, 0.15) is 29.2 Å². The molecule has 0 aliphatic carbocycles. The van der Waals surface area contributed by atoms with Gasteiger partial charge in [0, 0.05) is 25.1 Å². The summed E-state index contributed by atoms with van der Waals surface area (Å²) >= 11 is 11.2. The van der Waals surface area contributed by atoms with E-state index in [2.05, 4.69) is 15.4 Å². The Labute approximate surface area is 209 Å². The van der Waals surface area contributed by atoms with Crippen molar-refractivity contribution in [3.8, 4) is 11.5 Å². The Morgan fingerprint density at radius 3 is 1.89 bits per heavy atom. The van der Waals surface area contributed by atoms with Crippen LogP contribution in [-0.2, 0) is 19.1 Å². The lowest BCUT2D eigenvalue weighted by atomic mass is 10.2. The van der Waals surface area contributed by atoms with E-state index in [-0.39, 0.29) is 47.7 Å². The highest BCUT2D eigenvalue weighted by Gasteiger charge is 2.17. The summed E-state index contributed by atoms with van der Waals surface area (Å²) in [5.74, 6) is -2.21. The van der Waals surface area contributed by atoms with Crippen LogP contribution in [0.4, 0.5) is 13.6 Å². The fourth-order valence-electron chi connectivity index (χ4n) is 2.52. The SMILES string of the molecule is COC(=O)O[C@@H](CCNC(=O)COc1ccc(Cl)c(F)c1)CNC(=O)COc1ccc(Cl)c(F)c1. The molecule has 35 heavy (non-hydrogen) atoms. The van der Waals surface area contributed by atoms with Crippen LogP contribution >= 0.6 is 23.2 Å². The van der Waals surface area contributed by atoms with E-state index in [1.807, 2.05) is 0 Å². The Morgan fingerprint density at radius 2 is 1.40 bits per heavy atom. The first kappa shape index (κ1) is 27.9. The maximum atomic E-state index is 13.4. The lowest BCUT2D eigenvalue weighted by molar-refractivity contribution is -0.124. The molecule has 2 aromatic carbocycles. The van der Waals surface area contributed by atoms with Crippen molar-refractivity contribution in [3.05, 3.63) is 58.1 Å². The van der Waals surface area contributed by atoms with Crippen molar-refractivity contribution >= 4 is 41.2 Å². The zero-order valence-corrected chi connectivity index (χ0v) is 20.0. The van der Waals surface area contributed by atoms with Gasteiger partial charge in [0.25, 0.3) is 11.8 Å². The van der Waals surface area contributed by atoms with Crippen molar-refractivity contribution in [2.45, 2.75) is 12.5 Å². The van der Waals surface area contributed by atoms with Crippen LogP contribution in [0.1, 0.15) is 6.42 Å². The van der Waals surface area contributed by atoms with Gasteiger partial charge in [-0.3, -0.25) is 9.59 Å². The van der Waals surface area contributed by atoms with Gasteiger partial charge in [0.2, 0.25) is 0 Å². The molecule has 0 saturated carbocycles. The first-order valence-corrected chi connectivity index (χ1v) is 10.9. The van der Waals surface area contributed by atoms with Crippen LogP contribution in [-0.4, -0.2) is 57.5 Å². The van der Waals surface area contributed by atoms with E-state index in [4.69, 9.17) is 37.4 Å². The van der Waals surface area contributed by atoms with E-state index in [1.165, 1.54) is 24.3 Å². The van der Waals surface area contributed by atoms with Crippen molar-refractivity contribution in [2.75, 3.05) is 33.4 Å². The number of benzene rings is 2. The molecule has 0 aromatic heterocycles. The van der Waals surface area contributed by atoms with Gasteiger partial charge in [-0.1, -0.05) is 23.2 Å². The van der Waals surface area contributed by atoms with E-state index in [9.17, 15) is 23.2 Å². The van der Waals surface area contributed by atoms with Crippen molar-refractivity contribution in [2.24, 2.45) is 0 Å². The molecule has 0 spiro atoms. The molecule has 13 heteroatoms. The highest BCUT2D eigenvalue weighted by Crippen LogP contribution is 2.21. The molecule has 0 aliphatic rings. The molecule has 1 atom stereocenters. The number of carbonyl (C=O) groups excluding carboxylic acids is 3. The average molecular weight is 535 g/mol. The maximum absolute atomic E-state index is 13.4. The number of methoxy groups -OCH3 is 1. The van der Waals surface area contributed by atoms with Crippen LogP contribution in [0.15, 0.2) is 36.4 Å². The van der Waals surface area contributed by atoms with Gasteiger partial charge in [0.15, 0.2) is 13.2 Å². The Balaban J connectivity index is 1.75. The standard InChI is InChI=1S/C22H22Cl2F2N2O7/c1-32-22(31)35-15(10-28-21(30)12-34-14-3-5-17(24)19(26)9-14)6-7-27-20(29)11-33-13-2-4-16(23)18(25)8-13/h2-5,8-9,15H,6-7,10-12H2,1H3,(H,27,29)(H,28,30)/t15-/m0/s1. The van der Waals surface area contributed by atoms with Crippen molar-refractivity contribution in [1.82, 2.24) is 10.6 Å². The normalized spacial score (nSPS) is 11.2. The Kier molecular flexibility index (Phi) is 11.3. The third-order valence-electron chi connectivity index (χ3n) is 4.27. The molecule has 0 unspecified atom stereocenters. The third-order valence-corrected chi connectivity index (χ3v) is 4.88. The zero-order valence-electron chi connectivity index (χ0n) is 18.4. The van der Waals surface area contributed by atoms with Gasteiger partial charge in [-0.15, -0.1) is 0 Å². The Hall–Kier alpha value is -3.31. The van der Waals surface area contributed by atoms with Crippen molar-refractivity contribution in [1.29, 1.82) is 0 Å². The Morgan fingerprint density at radius 1 is 0.886 bits per heavy atom. The van der Waals surface area contributed by atoms with Gasteiger partial charge in [-0.05, 0) is 24.3 Å². The monoisotopic (exact) mass is 534 g/mol. The number of hydrogen-bond donors (Lipinski definition) is 2. The molecule has 0 fully saturated rings. The van der Waals surface area contributed by atoms with Gasteiger partial charge in [-0.25, -0.2) is 13.6 Å². The largest absolute Gasteiger partial charge is 0.508 e. The van der Waals surface area contributed by atoms with Gasteiger partial charge >= 0.3 is 6.16 Å². The Bertz CT molecular complexity index is 1040. The molecule has 0 bridgehead atoms. The van der Waals surface area contributed by atoms with E-state index in [0.29, 0.717) is 0 Å². The summed E-state index contributed by atoms with van der Waals surface area (Å²) in [5, 5.41) is 4.89. The van der Waals surface area contributed by atoms with Gasteiger partial charge in [0.05, 0.1) is 23.7 Å². The number of carbonyl (C=O) groups is 3. The molecule has 0 radical (unpaired) electrons.